The van der Waals surface area contributed by atoms with Gasteiger partial charge in [0.2, 0.25) is 5.96 Å². The van der Waals surface area contributed by atoms with Crippen LogP contribution in [0.2, 0.25) is 0 Å². The first-order valence-corrected chi connectivity index (χ1v) is 5.79. The first-order chi connectivity index (χ1) is 9.38. The van der Waals surface area contributed by atoms with Crippen molar-refractivity contribution in [3.8, 4) is 11.5 Å². The van der Waals surface area contributed by atoms with Crippen molar-refractivity contribution in [2.75, 3.05) is 14.2 Å². The minimum absolute atomic E-state index is 0.127. The maximum absolute atomic E-state index is 5.65. The quantitative estimate of drug-likeness (QED) is 0.334. The molecular weight excluding hydrogens is 280 g/mol. The summed E-state index contributed by atoms with van der Waals surface area (Å²) in [5.41, 5.74) is 22.5. The van der Waals surface area contributed by atoms with E-state index in [9.17, 15) is 0 Å². The van der Waals surface area contributed by atoms with E-state index < -0.39 is 0 Å². The molecule has 0 saturated heterocycles. The number of hydrogen-bond acceptors (Lipinski definition) is 4. The van der Waals surface area contributed by atoms with Crippen molar-refractivity contribution < 1.29 is 9.47 Å². The van der Waals surface area contributed by atoms with Gasteiger partial charge in [0.25, 0.3) is 0 Å². The lowest BCUT2D eigenvalue weighted by Gasteiger charge is -2.11. The van der Waals surface area contributed by atoms with Gasteiger partial charge >= 0.3 is 0 Å². The third-order valence-electron chi connectivity index (χ3n) is 2.25. The van der Waals surface area contributed by atoms with Crippen LogP contribution in [0, 0.1) is 0 Å². The van der Waals surface area contributed by atoms with Crippen LogP contribution in [-0.2, 0) is 0 Å². The molecule has 0 unspecified atom stereocenters. The predicted octanol–water partition coefficient (Wildman–Crippen LogP) is -0.442. The fourth-order valence-corrected chi connectivity index (χ4v) is 1.60. The molecule has 0 spiro atoms. The molecule has 8 nitrogen and oxygen atoms in total. The zero-order valence-electron chi connectivity index (χ0n) is 11.1. The normalized spacial score (nSPS) is 10.8. The molecule has 0 aliphatic heterocycles. The summed E-state index contributed by atoms with van der Waals surface area (Å²) in [6.07, 6.45) is 0. The molecule has 0 fully saturated rings. The van der Waals surface area contributed by atoms with E-state index in [0.29, 0.717) is 22.7 Å². The second-order valence-corrected chi connectivity index (χ2v) is 4.04. The lowest BCUT2D eigenvalue weighted by atomic mass is 10.1. The number of ether oxygens (including phenoxy) is 2. The first-order valence-electron chi connectivity index (χ1n) is 5.38. The number of guanidine groups is 2. The Kier molecular flexibility index (Phi) is 5.09. The predicted molar refractivity (Wildman–Crippen MR) is 82.5 cm³/mol. The average Bonchev–Trinajstić information content (AvgIpc) is 2.36. The van der Waals surface area contributed by atoms with E-state index in [1.807, 2.05) is 0 Å². The third kappa shape index (κ3) is 3.72. The fraction of sp³-hybridized carbons (Fsp3) is 0.182. The molecular formula is C11H16N6O2S. The van der Waals surface area contributed by atoms with Gasteiger partial charge in [-0.25, -0.2) is 4.99 Å². The van der Waals surface area contributed by atoms with E-state index in [1.54, 1.807) is 12.1 Å². The van der Waals surface area contributed by atoms with Crippen molar-refractivity contribution in [1.82, 2.24) is 0 Å². The molecule has 8 N–H and O–H groups in total. The van der Waals surface area contributed by atoms with Crippen molar-refractivity contribution in [2.45, 2.75) is 0 Å². The van der Waals surface area contributed by atoms with Crippen LogP contribution in [0.25, 0.3) is 0 Å². The molecule has 9 heteroatoms. The van der Waals surface area contributed by atoms with Crippen LogP contribution in [0.4, 0.5) is 5.69 Å². The zero-order valence-corrected chi connectivity index (χ0v) is 11.9. The van der Waals surface area contributed by atoms with Gasteiger partial charge in [-0.2, -0.15) is 4.99 Å². The fourth-order valence-electron chi connectivity index (χ4n) is 1.44. The number of aliphatic imine (C=N–C) groups is 2. The molecule has 108 valence electrons. The molecule has 0 amide bonds. The Morgan fingerprint density at radius 3 is 2.05 bits per heavy atom. The van der Waals surface area contributed by atoms with Crippen LogP contribution >= 0.6 is 12.2 Å². The zero-order chi connectivity index (χ0) is 15.3. The van der Waals surface area contributed by atoms with E-state index in [4.69, 9.17) is 44.6 Å². The Hall–Kier alpha value is -2.55. The number of hydrogen-bond donors (Lipinski definition) is 4. The van der Waals surface area contributed by atoms with Crippen molar-refractivity contribution in [3.05, 3.63) is 17.7 Å². The van der Waals surface area contributed by atoms with Gasteiger partial charge in [-0.05, 0) is 6.07 Å². The maximum atomic E-state index is 5.65. The number of nitrogens with two attached hydrogens (primary N) is 4. The minimum atomic E-state index is -0.205. The average molecular weight is 296 g/mol. The van der Waals surface area contributed by atoms with Crippen molar-refractivity contribution in [3.63, 3.8) is 0 Å². The number of benzene rings is 1. The standard InChI is InChI=1S/C11H16N6O2S/c1-18-7-3-5(9(12)20)6(4-8(7)19-2)16-11(15)17-10(13)14/h3-4H,1-2H3,(H2,12,20)(H6,13,14,15,16,17). The van der Waals surface area contributed by atoms with Crippen LogP contribution in [0.1, 0.15) is 5.56 Å². The summed E-state index contributed by atoms with van der Waals surface area (Å²) >= 11 is 4.96. The van der Waals surface area contributed by atoms with Crippen molar-refractivity contribution >= 4 is 34.8 Å². The number of thiocarbonyl (C=S) groups is 1. The maximum Gasteiger partial charge on any atom is 0.223 e. The van der Waals surface area contributed by atoms with Crippen LogP contribution in [0.15, 0.2) is 22.1 Å². The molecule has 20 heavy (non-hydrogen) atoms. The first kappa shape index (κ1) is 15.5. The monoisotopic (exact) mass is 296 g/mol. The highest BCUT2D eigenvalue weighted by Gasteiger charge is 2.13. The van der Waals surface area contributed by atoms with Crippen LogP contribution < -0.4 is 32.4 Å². The number of rotatable bonds is 4. The van der Waals surface area contributed by atoms with Crippen LogP contribution in [-0.4, -0.2) is 31.1 Å². The summed E-state index contributed by atoms with van der Waals surface area (Å²) in [5.74, 6) is 0.580. The van der Waals surface area contributed by atoms with Crippen LogP contribution in [0.3, 0.4) is 0 Å². The summed E-state index contributed by atoms with van der Waals surface area (Å²) in [6, 6.07) is 3.17. The van der Waals surface area contributed by atoms with Gasteiger partial charge in [-0.3, -0.25) is 0 Å². The van der Waals surface area contributed by atoms with E-state index in [1.165, 1.54) is 14.2 Å². The number of methoxy groups -OCH3 is 2. The Labute approximate surface area is 121 Å². The van der Waals surface area contributed by atoms with E-state index in [-0.39, 0.29) is 16.9 Å². The van der Waals surface area contributed by atoms with Crippen LogP contribution in [0.5, 0.6) is 11.5 Å². The summed E-state index contributed by atoms with van der Waals surface area (Å²) in [5, 5.41) is 0. The number of nitrogens with zero attached hydrogens (tertiary/aromatic N) is 2. The Morgan fingerprint density at radius 2 is 1.60 bits per heavy atom. The molecule has 1 aromatic rings. The van der Waals surface area contributed by atoms with E-state index in [2.05, 4.69) is 9.98 Å². The minimum Gasteiger partial charge on any atom is -0.493 e. The van der Waals surface area contributed by atoms with Gasteiger partial charge in [0, 0.05) is 11.6 Å². The molecule has 0 radical (unpaired) electrons. The smallest absolute Gasteiger partial charge is 0.223 e. The largest absolute Gasteiger partial charge is 0.493 e. The summed E-state index contributed by atoms with van der Waals surface area (Å²) in [4.78, 5) is 7.79. The highest BCUT2D eigenvalue weighted by atomic mass is 32.1. The second kappa shape index (κ2) is 6.57. The molecule has 1 aromatic carbocycles. The third-order valence-corrected chi connectivity index (χ3v) is 2.47. The Bertz CT molecular complexity index is 581. The molecule has 0 heterocycles. The van der Waals surface area contributed by atoms with Crippen molar-refractivity contribution in [1.29, 1.82) is 0 Å². The van der Waals surface area contributed by atoms with Crippen molar-refractivity contribution in [2.24, 2.45) is 32.9 Å². The van der Waals surface area contributed by atoms with Gasteiger partial charge in [0.15, 0.2) is 17.5 Å². The SMILES string of the molecule is COc1cc(N=C(N)N=C(N)N)c(C(N)=S)cc1OC. The summed E-state index contributed by atoms with van der Waals surface area (Å²) in [7, 11) is 2.99. The van der Waals surface area contributed by atoms with Gasteiger partial charge < -0.3 is 32.4 Å². The molecule has 0 atom stereocenters. The van der Waals surface area contributed by atoms with E-state index >= 15 is 0 Å². The topological polar surface area (TPSA) is 147 Å². The molecule has 1 rings (SSSR count). The lowest BCUT2D eigenvalue weighted by molar-refractivity contribution is 0.355. The van der Waals surface area contributed by atoms with Gasteiger partial charge in [0.05, 0.1) is 19.9 Å². The lowest BCUT2D eigenvalue weighted by Crippen LogP contribution is -2.26. The Balaban J connectivity index is 3.44. The Morgan fingerprint density at radius 1 is 1.05 bits per heavy atom. The van der Waals surface area contributed by atoms with Gasteiger partial charge in [-0.15, -0.1) is 0 Å². The van der Waals surface area contributed by atoms with E-state index in [0.717, 1.165) is 0 Å². The van der Waals surface area contributed by atoms with Gasteiger partial charge in [-0.1, -0.05) is 12.2 Å². The molecule has 0 aromatic heterocycles. The summed E-state index contributed by atoms with van der Waals surface area (Å²) < 4.78 is 10.3. The molecule has 0 aliphatic rings. The molecule has 0 saturated carbocycles. The highest BCUT2D eigenvalue weighted by Crippen LogP contribution is 2.34. The second-order valence-electron chi connectivity index (χ2n) is 3.60. The molecule has 0 aliphatic carbocycles. The highest BCUT2D eigenvalue weighted by molar-refractivity contribution is 7.80. The molecule has 0 bridgehead atoms. The summed E-state index contributed by atoms with van der Waals surface area (Å²) in [6.45, 7) is 0. The van der Waals surface area contributed by atoms with Gasteiger partial charge in [0.1, 0.15) is 4.99 Å².